The minimum atomic E-state index is -3.87. The lowest BCUT2D eigenvalue weighted by molar-refractivity contribution is 0.597. The van der Waals surface area contributed by atoms with Gasteiger partial charge in [-0.25, -0.2) is 12.8 Å². The smallest absolute Gasteiger partial charge is 0.262 e. The lowest BCUT2D eigenvalue weighted by Crippen LogP contribution is -2.17. The molecule has 2 rings (SSSR count). The maximum atomic E-state index is 13.3. The molecule has 3 N–H and O–H groups in total. The van der Waals surface area contributed by atoms with Gasteiger partial charge in [0.2, 0.25) is 0 Å². The highest BCUT2D eigenvalue weighted by Gasteiger charge is 2.21. The molecule has 0 saturated heterocycles. The van der Waals surface area contributed by atoms with Crippen LogP contribution in [0.25, 0.3) is 0 Å². The number of nitrogens with one attached hydrogen (secondary N) is 1. The SMILES string of the molecule is Cc1cc(F)cc(C)c1S(=O)(=O)Nc1ccc(Cl)cc1N. The number of halogens is 2. The number of aryl methyl sites for hydroxylation is 2. The Morgan fingerprint density at radius 1 is 1.14 bits per heavy atom. The van der Waals surface area contributed by atoms with E-state index in [0.717, 1.165) is 0 Å². The normalized spacial score (nSPS) is 11.4. The summed E-state index contributed by atoms with van der Waals surface area (Å²) in [6.45, 7) is 3.08. The van der Waals surface area contributed by atoms with Crippen molar-refractivity contribution < 1.29 is 12.8 Å². The summed E-state index contributed by atoms with van der Waals surface area (Å²) in [5.74, 6) is -0.477. The van der Waals surface area contributed by atoms with E-state index in [1.54, 1.807) is 0 Å². The molecule has 0 aromatic heterocycles. The van der Waals surface area contributed by atoms with Crippen molar-refractivity contribution in [2.45, 2.75) is 18.7 Å². The van der Waals surface area contributed by atoms with Gasteiger partial charge in [-0.2, -0.15) is 0 Å². The molecule has 0 heterocycles. The van der Waals surface area contributed by atoms with Gasteiger partial charge in [-0.15, -0.1) is 0 Å². The highest BCUT2D eigenvalue weighted by molar-refractivity contribution is 7.92. The Kier molecular flexibility index (Phi) is 4.11. The van der Waals surface area contributed by atoms with Gasteiger partial charge in [0, 0.05) is 5.02 Å². The van der Waals surface area contributed by atoms with Crippen molar-refractivity contribution in [1.82, 2.24) is 0 Å². The zero-order valence-corrected chi connectivity index (χ0v) is 13.0. The fourth-order valence-corrected chi connectivity index (χ4v) is 3.87. The summed E-state index contributed by atoms with van der Waals surface area (Å²) in [7, 11) is -3.87. The van der Waals surface area contributed by atoms with E-state index in [4.69, 9.17) is 17.3 Å². The molecule has 0 aliphatic carbocycles. The molecule has 0 atom stereocenters. The predicted octanol–water partition coefficient (Wildman–Crippen LogP) is 3.48. The minimum absolute atomic E-state index is 0.0400. The number of hydrogen-bond donors (Lipinski definition) is 2. The standard InChI is InChI=1S/C14H14ClFN2O2S/c1-8-5-11(16)6-9(2)14(8)21(19,20)18-13-4-3-10(15)7-12(13)17/h3-7,18H,17H2,1-2H3. The second kappa shape index (κ2) is 5.54. The highest BCUT2D eigenvalue weighted by atomic mass is 35.5. The predicted molar refractivity (Wildman–Crippen MR) is 82.5 cm³/mol. The summed E-state index contributed by atoms with van der Waals surface area (Å²) in [6, 6.07) is 6.80. The van der Waals surface area contributed by atoms with Crippen LogP contribution in [0.2, 0.25) is 5.02 Å². The molecule has 2 aromatic carbocycles. The van der Waals surface area contributed by atoms with Crippen LogP contribution in [0.1, 0.15) is 11.1 Å². The van der Waals surface area contributed by atoms with E-state index in [1.165, 1.54) is 44.2 Å². The average molecular weight is 329 g/mol. The Balaban J connectivity index is 2.48. The Hall–Kier alpha value is -1.79. The first-order chi connectivity index (χ1) is 9.70. The first-order valence-electron chi connectivity index (χ1n) is 6.05. The van der Waals surface area contributed by atoms with Crippen LogP contribution in [-0.4, -0.2) is 8.42 Å². The molecule has 0 spiro atoms. The van der Waals surface area contributed by atoms with Crippen LogP contribution >= 0.6 is 11.6 Å². The first-order valence-corrected chi connectivity index (χ1v) is 7.91. The molecule has 0 fully saturated rings. The molecule has 7 heteroatoms. The number of sulfonamides is 1. The van der Waals surface area contributed by atoms with Crippen LogP contribution in [0.3, 0.4) is 0 Å². The fourth-order valence-electron chi connectivity index (χ4n) is 2.14. The van der Waals surface area contributed by atoms with Crippen LogP contribution in [-0.2, 0) is 10.0 Å². The topological polar surface area (TPSA) is 72.2 Å². The van der Waals surface area contributed by atoms with Gasteiger partial charge in [0.05, 0.1) is 16.3 Å². The Morgan fingerprint density at radius 3 is 2.24 bits per heavy atom. The van der Waals surface area contributed by atoms with Crippen LogP contribution < -0.4 is 10.5 Å². The van der Waals surface area contributed by atoms with Crippen molar-refractivity contribution in [2.75, 3.05) is 10.5 Å². The molecular weight excluding hydrogens is 315 g/mol. The van der Waals surface area contributed by atoms with Gasteiger partial charge in [-0.1, -0.05) is 11.6 Å². The molecule has 0 aliphatic rings. The third-order valence-electron chi connectivity index (χ3n) is 2.95. The maximum Gasteiger partial charge on any atom is 0.262 e. The van der Waals surface area contributed by atoms with Crippen molar-refractivity contribution >= 4 is 33.0 Å². The van der Waals surface area contributed by atoms with Crippen molar-refractivity contribution in [1.29, 1.82) is 0 Å². The average Bonchev–Trinajstić information content (AvgIpc) is 2.30. The Morgan fingerprint density at radius 2 is 1.71 bits per heavy atom. The molecule has 0 amide bonds. The summed E-state index contributed by atoms with van der Waals surface area (Å²) in [6.07, 6.45) is 0. The third kappa shape index (κ3) is 3.28. The van der Waals surface area contributed by atoms with Gasteiger partial charge in [-0.05, 0) is 55.3 Å². The summed E-state index contributed by atoms with van der Waals surface area (Å²) in [4.78, 5) is 0.0400. The molecule has 0 aliphatic heterocycles. The molecule has 112 valence electrons. The van der Waals surface area contributed by atoms with E-state index in [0.29, 0.717) is 16.1 Å². The van der Waals surface area contributed by atoms with Crippen molar-refractivity contribution in [3.05, 3.63) is 52.3 Å². The molecule has 2 aromatic rings. The van der Waals surface area contributed by atoms with Crippen molar-refractivity contribution in [3.63, 3.8) is 0 Å². The molecule has 4 nitrogen and oxygen atoms in total. The molecule has 21 heavy (non-hydrogen) atoms. The Labute approximate surface area is 127 Å². The largest absolute Gasteiger partial charge is 0.397 e. The second-order valence-electron chi connectivity index (χ2n) is 4.71. The number of rotatable bonds is 3. The summed E-state index contributed by atoms with van der Waals surface area (Å²) >= 11 is 5.77. The molecule has 0 bridgehead atoms. The van der Waals surface area contributed by atoms with Gasteiger partial charge >= 0.3 is 0 Å². The van der Waals surface area contributed by atoms with Gasteiger partial charge in [0.15, 0.2) is 0 Å². The lowest BCUT2D eigenvalue weighted by Gasteiger charge is -2.14. The second-order valence-corrected chi connectivity index (χ2v) is 6.76. The van der Waals surface area contributed by atoms with Crippen LogP contribution in [0.4, 0.5) is 15.8 Å². The van der Waals surface area contributed by atoms with Gasteiger partial charge in [0.1, 0.15) is 5.82 Å². The number of nitrogen functional groups attached to an aromatic ring is 1. The van der Waals surface area contributed by atoms with Gasteiger partial charge < -0.3 is 5.73 Å². The van der Waals surface area contributed by atoms with E-state index < -0.39 is 15.8 Å². The number of anilines is 2. The zero-order chi connectivity index (χ0) is 15.8. The van der Waals surface area contributed by atoms with E-state index in [9.17, 15) is 12.8 Å². The van der Waals surface area contributed by atoms with Crippen LogP contribution in [0, 0.1) is 19.7 Å². The van der Waals surface area contributed by atoms with Crippen molar-refractivity contribution in [3.8, 4) is 0 Å². The monoisotopic (exact) mass is 328 g/mol. The number of hydrogen-bond acceptors (Lipinski definition) is 3. The summed E-state index contributed by atoms with van der Waals surface area (Å²) in [5.41, 5.74) is 6.82. The lowest BCUT2D eigenvalue weighted by atomic mass is 10.1. The van der Waals surface area contributed by atoms with Crippen LogP contribution in [0.5, 0.6) is 0 Å². The first kappa shape index (κ1) is 15.6. The minimum Gasteiger partial charge on any atom is -0.397 e. The summed E-state index contributed by atoms with van der Waals surface area (Å²) < 4.78 is 40.6. The van der Waals surface area contributed by atoms with Crippen LogP contribution in [0.15, 0.2) is 35.2 Å². The quantitative estimate of drug-likeness (QED) is 0.847. The Bertz CT molecular complexity index is 784. The number of benzene rings is 2. The molecule has 0 saturated carbocycles. The zero-order valence-electron chi connectivity index (χ0n) is 11.4. The molecule has 0 radical (unpaired) electrons. The maximum absolute atomic E-state index is 13.3. The van der Waals surface area contributed by atoms with Gasteiger partial charge in [0.25, 0.3) is 10.0 Å². The highest BCUT2D eigenvalue weighted by Crippen LogP contribution is 2.28. The number of nitrogens with two attached hydrogens (primary N) is 1. The fraction of sp³-hybridized carbons (Fsp3) is 0.143. The molecule has 0 unspecified atom stereocenters. The summed E-state index contributed by atoms with van der Waals surface area (Å²) in [5, 5.41) is 0.407. The van der Waals surface area contributed by atoms with E-state index in [2.05, 4.69) is 4.72 Å². The van der Waals surface area contributed by atoms with E-state index in [-0.39, 0.29) is 16.3 Å². The van der Waals surface area contributed by atoms with E-state index in [1.807, 2.05) is 0 Å². The molecular formula is C14H14ClFN2O2S. The van der Waals surface area contributed by atoms with Crippen molar-refractivity contribution in [2.24, 2.45) is 0 Å². The third-order valence-corrected chi connectivity index (χ3v) is 4.86. The van der Waals surface area contributed by atoms with E-state index >= 15 is 0 Å². The van der Waals surface area contributed by atoms with Gasteiger partial charge in [-0.3, -0.25) is 4.72 Å².